The number of rotatable bonds is 1. The zero-order valence-corrected chi connectivity index (χ0v) is 9.38. The summed E-state index contributed by atoms with van der Waals surface area (Å²) in [4.78, 5) is 10.4. The van der Waals surface area contributed by atoms with Crippen molar-refractivity contribution in [3.8, 4) is 5.75 Å². The van der Waals surface area contributed by atoms with Crippen molar-refractivity contribution >= 4 is 5.97 Å². The van der Waals surface area contributed by atoms with Crippen molar-refractivity contribution in [1.29, 1.82) is 0 Å². The van der Waals surface area contributed by atoms with Crippen LogP contribution in [0.15, 0.2) is 30.3 Å². The van der Waals surface area contributed by atoms with E-state index in [0.717, 1.165) is 0 Å². The number of benzene rings is 1. The van der Waals surface area contributed by atoms with Gasteiger partial charge in [0.1, 0.15) is 5.75 Å². The molecule has 0 atom stereocenters. The minimum atomic E-state index is -0.286. The summed E-state index contributed by atoms with van der Waals surface area (Å²) >= 11 is 0. The van der Waals surface area contributed by atoms with Gasteiger partial charge in [-0.3, -0.25) is 4.79 Å². The van der Waals surface area contributed by atoms with Crippen LogP contribution in [0.4, 0.5) is 0 Å². The zero-order valence-electron chi connectivity index (χ0n) is 6.41. The molecule has 0 aliphatic rings. The van der Waals surface area contributed by atoms with Gasteiger partial charge in [-0.05, 0) is 12.1 Å². The Kier molecular flexibility index (Phi) is 4.72. The summed E-state index contributed by atoms with van der Waals surface area (Å²) in [6.45, 7) is 1.38. The summed E-state index contributed by atoms with van der Waals surface area (Å²) in [7, 11) is 0. The fraction of sp³-hybridized carbons (Fsp3) is 0.125. The van der Waals surface area contributed by atoms with Crippen molar-refractivity contribution in [2.75, 3.05) is 0 Å². The van der Waals surface area contributed by atoms with Crippen LogP contribution in [-0.4, -0.2) is 5.97 Å². The van der Waals surface area contributed by atoms with Crippen molar-refractivity contribution in [1.82, 2.24) is 0 Å². The first-order chi connectivity index (χ1) is 4.79. The average molecular weight is 202 g/mol. The second kappa shape index (κ2) is 5.03. The molecule has 0 aromatic heterocycles. The largest absolute Gasteiger partial charge is 0.427 e. The Balaban J connectivity index is 0.000001000. The second-order valence-electron chi connectivity index (χ2n) is 1.91. The maximum Gasteiger partial charge on any atom is 0.308 e. The van der Waals surface area contributed by atoms with Crippen LogP contribution in [0.1, 0.15) is 6.92 Å². The van der Waals surface area contributed by atoms with Crippen molar-refractivity contribution in [2.24, 2.45) is 0 Å². The number of carbonyl (C=O) groups excluding carboxylic acids is 1. The third kappa shape index (κ3) is 3.89. The first kappa shape index (κ1) is 10.3. The standard InChI is InChI=1S/C8H8O2.Zn/c1-7(9)10-8-5-3-2-4-6-8;/h2-6H,1H3;. The maximum atomic E-state index is 10.4. The Morgan fingerprint density at radius 2 is 1.82 bits per heavy atom. The van der Waals surface area contributed by atoms with Crippen LogP contribution in [0, 0.1) is 0 Å². The fourth-order valence-electron chi connectivity index (χ4n) is 0.655. The van der Waals surface area contributed by atoms with Crippen molar-refractivity contribution in [3.05, 3.63) is 30.3 Å². The predicted molar refractivity (Wildman–Crippen MR) is 37.8 cm³/mol. The number of ether oxygens (including phenoxy) is 1. The smallest absolute Gasteiger partial charge is 0.308 e. The van der Waals surface area contributed by atoms with E-state index in [2.05, 4.69) is 0 Å². The van der Waals surface area contributed by atoms with Crippen LogP contribution in [0.5, 0.6) is 5.75 Å². The molecule has 0 N–H and O–H groups in total. The molecule has 0 aliphatic heterocycles. The number of carbonyl (C=O) groups is 1. The van der Waals surface area contributed by atoms with Gasteiger partial charge in [0.05, 0.1) is 0 Å². The van der Waals surface area contributed by atoms with E-state index >= 15 is 0 Å². The molecular formula is C8H8O2Zn. The Bertz CT molecular complexity index is 221. The molecule has 0 fully saturated rings. The third-order valence-electron chi connectivity index (χ3n) is 1.00. The maximum absolute atomic E-state index is 10.4. The molecule has 3 heteroatoms. The van der Waals surface area contributed by atoms with Gasteiger partial charge in [-0.1, -0.05) is 18.2 Å². The number of para-hydroxylation sites is 1. The SMILES string of the molecule is CC(=O)Oc1ccccc1.[Zn]. The van der Waals surface area contributed by atoms with Crippen molar-refractivity contribution < 1.29 is 29.0 Å². The molecule has 0 bridgehead atoms. The Morgan fingerprint density at radius 1 is 1.27 bits per heavy atom. The van der Waals surface area contributed by atoms with E-state index in [9.17, 15) is 4.79 Å². The minimum Gasteiger partial charge on any atom is -0.427 e. The van der Waals surface area contributed by atoms with Gasteiger partial charge < -0.3 is 4.74 Å². The normalized spacial score (nSPS) is 8.09. The number of hydrogen-bond acceptors (Lipinski definition) is 2. The fourth-order valence-corrected chi connectivity index (χ4v) is 0.655. The van der Waals surface area contributed by atoms with Gasteiger partial charge >= 0.3 is 5.97 Å². The summed E-state index contributed by atoms with van der Waals surface area (Å²) in [5.41, 5.74) is 0. The quantitative estimate of drug-likeness (QED) is 0.392. The van der Waals surface area contributed by atoms with Crippen LogP contribution in [0.2, 0.25) is 0 Å². The summed E-state index contributed by atoms with van der Waals surface area (Å²) in [6.07, 6.45) is 0. The van der Waals surface area contributed by atoms with Crippen molar-refractivity contribution in [2.45, 2.75) is 6.92 Å². The summed E-state index contributed by atoms with van der Waals surface area (Å²) in [5, 5.41) is 0. The molecule has 1 rings (SSSR count). The van der Waals surface area contributed by atoms with E-state index < -0.39 is 0 Å². The topological polar surface area (TPSA) is 26.3 Å². The third-order valence-corrected chi connectivity index (χ3v) is 1.00. The Hall–Kier alpha value is -0.687. The Morgan fingerprint density at radius 3 is 2.27 bits per heavy atom. The van der Waals surface area contributed by atoms with E-state index in [1.165, 1.54) is 6.92 Å². The zero-order chi connectivity index (χ0) is 7.40. The summed E-state index contributed by atoms with van der Waals surface area (Å²) < 4.78 is 4.78. The number of hydrogen-bond donors (Lipinski definition) is 0. The first-order valence-electron chi connectivity index (χ1n) is 3.02. The molecule has 0 unspecified atom stereocenters. The molecule has 0 saturated carbocycles. The predicted octanol–water partition coefficient (Wildman–Crippen LogP) is 1.61. The molecule has 0 spiro atoms. The second-order valence-corrected chi connectivity index (χ2v) is 1.91. The van der Waals surface area contributed by atoms with E-state index in [1.54, 1.807) is 12.1 Å². The summed E-state index contributed by atoms with van der Waals surface area (Å²) in [6, 6.07) is 8.98. The van der Waals surface area contributed by atoms with E-state index in [-0.39, 0.29) is 25.4 Å². The van der Waals surface area contributed by atoms with Gasteiger partial charge in [-0.2, -0.15) is 0 Å². The number of esters is 1. The molecule has 11 heavy (non-hydrogen) atoms. The molecule has 0 amide bonds. The van der Waals surface area contributed by atoms with E-state index in [0.29, 0.717) is 5.75 Å². The van der Waals surface area contributed by atoms with Crippen LogP contribution < -0.4 is 4.74 Å². The monoisotopic (exact) mass is 200 g/mol. The Labute approximate surface area is 78.3 Å². The summed E-state index contributed by atoms with van der Waals surface area (Å²) in [5.74, 6) is 0.307. The van der Waals surface area contributed by atoms with Crippen molar-refractivity contribution in [3.63, 3.8) is 0 Å². The minimum absolute atomic E-state index is 0. The van der Waals surface area contributed by atoms with Gasteiger partial charge in [-0.25, -0.2) is 0 Å². The first-order valence-corrected chi connectivity index (χ1v) is 3.02. The van der Waals surface area contributed by atoms with Crippen LogP contribution in [0.25, 0.3) is 0 Å². The van der Waals surface area contributed by atoms with Crippen LogP contribution in [-0.2, 0) is 24.3 Å². The molecule has 2 nitrogen and oxygen atoms in total. The molecule has 0 heterocycles. The van der Waals surface area contributed by atoms with Crippen LogP contribution in [0.3, 0.4) is 0 Å². The molecule has 1 aromatic rings. The molecule has 1 aromatic carbocycles. The van der Waals surface area contributed by atoms with Crippen LogP contribution >= 0.6 is 0 Å². The molecule has 0 saturated heterocycles. The molecule has 54 valence electrons. The molecular weight excluding hydrogens is 193 g/mol. The van der Waals surface area contributed by atoms with Gasteiger partial charge in [0, 0.05) is 26.4 Å². The van der Waals surface area contributed by atoms with E-state index in [4.69, 9.17) is 4.74 Å². The van der Waals surface area contributed by atoms with Gasteiger partial charge in [0.2, 0.25) is 0 Å². The van der Waals surface area contributed by atoms with Gasteiger partial charge in [0.15, 0.2) is 0 Å². The molecule has 0 aliphatic carbocycles. The molecule has 0 radical (unpaired) electrons. The van der Waals surface area contributed by atoms with Gasteiger partial charge in [-0.15, -0.1) is 0 Å². The average Bonchev–Trinajstić information content (AvgIpc) is 1.88. The van der Waals surface area contributed by atoms with E-state index in [1.807, 2.05) is 18.2 Å². The van der Waals surface area contributed by atoms with Gasteiger partial charge in [0.25, 0.3) is 0 Å².